The SMILES string of the molecule is Cc1sc(Br)c(CCO[Si](c2ccccc2)(c2ccccc2)C(C)(C)C)c1Br. The smallest absolute Gasteiger partial charge is 0.261 e. The van der Waals surface area contributed by atoms with Gasteiger partial charge in [-0.05, 0) is 66.2 Å². The molecule has 0 aliphatic rings. The Labute approximate surface area is 190 Å². The second-order valence-corrected chi connectivity index (χ2v) is 15.6. The third-order valence-electron chi connectivity index (χ3n) is 5.14. The molecule has 0 radical (unpaired) electrons. The normalized spacial score (nSPS) is 12.4. The molecule has 0 atom stereocenters. The average molecular weight is 538 g/mol. The van der Waals surface area contributed by atoms with Crippen LogP contribution in [0.5, 0.6) is 0 Å². The highest BCUT2D eigenvalue weighted by Gasteiger charge is 2.50. The zero-order valence-corrected chi connectivity index (χ0v) is 21.7. The molecule has 3 rings (SSSR count). The molecular weight excluding hydrogens is 512 g/mol. The van der Waals surface area contributed by atoms with Crippen LogP contribution in [0.2, 0.25) is 5.04 Å². The van der Waals surface area contributed by atoms with E-state index in [0.29, 0.717) is 6.61 Å². The molecule has 3 aromatic rings. The molecule has 0 amide bonds. The summed E-state index contributed by atoms with van der Waals surface area (Å²) in [5.41, 5.74) is 1.31. The molecular formula is C23H26Br2OSSi. The molecule has 0 saturated carbocycles. The van der Waals surface area contributed by atoms with Crippen molar-refractivity contribution in [3.63, 3.8) is 0 Å². The van der Waals surface area contributed by atoms with E-state index >= 15 is 0 Å². The van der Waals surface area contributed by atoms with Crippen LogP contribution in [0.25, 0.3) is 0 Å². The Morgan fingerprint density at radius 1 is 0.893 bits per heavy atom. The second-order valence-electron chi connectivity index (χ2n) is 7.99. The van der Waals surface area contributed by atoms with Crippen molar-refractivity contribution >= 4 is 61.9 Å². The predicted molar refractivity (Wildman–Crippen MR) is 132 cm³/mol. The first-order chi connectivity index (χ1) is 13.3. The van der Waals surface area contributed by atoms with E-state index in [2.05, 4.69) is 120 Å². The van der Waals surface area contributed by atoms with Gasteiger partial charge in [-0.15, -0.1) is 11.3 Å². The van der Waals surface area contributed by atoms with E-state index in [1.165, 1.54) is 29.1 Å². The van der Waals surface area contributed by atoms with E-state index < -0.39 is 8.32 Å². The van der Waals surface area contributed by atoms with Gasteiger partial charge in [-0.1, -0.05) is 81.4 Å². The summed E-state index contributed by atoms with van der Waals surface area (Å²) in [6.45, 7) is 9.80. The molecule has 1 heterocycles. The first-order valence-electron chi connectivity index (χ1n) is 9.45. The molecule has 0 aliphatic carbocycles. The fourth-order valence-electron chi connectivity index (χ4n) is 3.82. The van der Waals surface area contributed by atoms with Crippen molar-refractivity contribution in [1.29, 1.82) is 0 Å². The van der Waals surface area contributed by atoms with E-state index in [1.807, 2.05) is 0 Å². The third kappa shape index (κ3) is 4.24. The molecule has 0 aliphatic heterocycles. The van der Waals surface area contributed by atoms with Crippen LogP contribution >= 0.6 is 43.2 Å². The van der Waals surface area contributed by atoms with E-state index in [4.69, 9.17) is 4.43 Å². The maximum Gasteiger partial charge on any atom is 0.261 e. The monoisotopic (exact) mass is 536 g/mol. The lowest BCUT2D eigenvalue weighted by molar-refractivity contribution is 0.301. The Morgan fingerprint density at radius 2 is 1.39 bits per heavy atom. The van der Waals surface area contributed by atoms with Gasteiger partial charge in [0.1, 0.15) is 0 Å². The summed E-state index contributed by atoms with van der Waals surface area (Å²) in [6.07, 6.45) is 0.885. The Bertz CT molecular complexity index is 878. The summed E-state index contributed by atoms with van der Waals surface area (Å²) >= 11 is 9.25. The number of hydrogen-bond donors (Lipinski definition) is 0. The summed E-state index contributed by atoms with van der Waals surface area (Å²) in [6, 6.07) is 21.6. The van der Waals surface area contributed by atoms with E-state index in [9.17, 15) is 0 Å². The van der Waals surface area contributed by atoms with E-state index in [1.54, 1.807) is 11.3 Å². The van der Waals surface area contributed by atoms with Gasteiger partial charge in [0.15, 0.2) is 0 Å². The van der Waals surface area contributed by atoms with Crippen molar-refractivity contribution in [3.05, 3.63) is 79.4 Å². The summed E-state index contributed by atoms with van der Waals surface area (Å²) in [7, 11) is -2.46. The largest absolute Gasteiger partial charge is 0.407 e. The summed E-state index contributed by atoms with van der Waals surface area (Å²) in [5.74, 6) is 0. The zero-order chi connectivity index (χ0) is 20.4. The molecule has 0 unspecified atom stereocenters. The molecule has 1 aromatic heterocycles. The highest BCUT2D eigenvalue weighted by Crippen LogP contribution is 2.39. The van der Waals surface area contributed by atoms with Crippen molar-refractivity contribution in [3.8, 4) is 0 Å². The van der Waals surface area contributed by atoms with Gasteiger partial charge in [0, 0.05) is 16.0 Å². The number of aryl methyl sites for hydroxylation is 1. The highest BCUT2D eigenvalue weighted by atomic mass is 79.9. The summed E-state index contributed by atoms with van der Waals surface area (Å²) in [4.78, 5) is 1.30. The van der Waals surface area contributed by atoms with Gasteiger partial charge in [-0.25, -0.2) is 0 Å². The van der Waals surface area contributed by atoms with Gasteiger partial charge in [0.25, 0.3) is 8.32 Å². The minimum Gasteiger partial charge on any atom is -0.407 e. The van der Waals surface area contributed by atoms with Gasteiger partial charge < -0.3 is 4.43 Å². The standard InChI is InChI=1S/C23H26Br2OSSi/c1-17-21(24)20(22(25)27-17)15-16-26-28(23(2,3)4,18-11-7-5-8-12-18)19-13-9-6-10-14-19/h5-14H,15-16H2,1-4H3. The summed E-state index contributed by atoms with van der Waals surface area (Å²) < 4.78 is 9.39. The molecule has 5 heteroatoms. The molecule has 0 saturated heterocycles. The maximum atomic E-state index is 6.99. The van der Waals surface area contributed by atoms with Crippen molar-refractivity contribution in [2.24, 2.45) is 0 Å². The predicted octanol–water partition coefficient (Wildman–Crippen LogP) is 6.70. The minimum absolute atomic E-state index is 0.00866. The van der Waals surface area contributed by atoms with Gasteiger partial charge in [-0.2, -0.15) is 0 Å². The molecule has 0 fully saturated rings. The fourth-order valence-corrected chi connectivity index (χ4v) is 11.3. The third-order valence-corrected chi connectivity index (χ3v) is 13.4. The molecule has 28 heavy (non-hydrogen) atoms. The Kier molecular flexibility index (Phi) is 7.03. The van der Waals surface area contributed by atoms with Crippen LogP contribution in [0.1, 0.15) is 31.2 Å². The minimum atomic E-state index is -2.46. The molecule has 0 spiro atoms. The van der Waals surface area contributed by atoms with Crippen LogP contribution in [0.4, 0.5) is 0 Å². The van der Waals surface area contributed by atoms with Gasteiger partial charge in [0.2, 0.25) is 0 Å². The maximum absolute atomic E-state index is 6.99. The fraction of sp³-hybridized carbons (Fsp3) is 0.304. The lowest BCUT2D eigenvalue weighted by atomic mass is 10.2. The molecule has 0 bridgehead atoms. The summed E-state index contributed by atoms with van der Waals surface area (Å²) in [5, 5.41) is 2.66. The highest BCUT2D eigenvalue weighted by molar-refractivity contribution is 9.11. The van der Waals surface area contributed by atoms with Gasteiger partial charge in [0.05, 0.1) is 3.79 Å². The first-order valence-corrected chi connectivity index (χ1v) is 13.8. The van der Waals surface area contributed by atoms with Crippen LogP contribution in [0.3, 0.4) is 0 Å². The van der Waals surface area contributed by atoms with Crippen LogP contribution < -0.4 is 10.4 Å². The quantitative estimate of drug-likeness (QED) is 0.318. The Morgan fingerprint density at radius 3 is 1.79 bits per heavy atom. The van der Waals surface area contributed by atoms with Crippen LogP contribution in [-0.4, -0.2) is 14.9 Å². The van der Waals surface area contributed by atoms with E-state index in [-0.39, 0.29) is 5.04 Å². The molecule has 1 nitrogen and oxygen atoms in total. The molecule has 2 aromatic carbocycles. The number of rotatable bonds is 6. The van der Waals surface area contributed by atoms with Crippen molar-refractivity contribution in [2.75, 3.05) is 6.61 Å². The number of hydrogen-bond acceptors (Lipinski definition) is 2. The van der Waals surface area contributed by atoms with Crippen LogP contribution in [0, 0.1) is 6.92 Å². The molecule has 0 N–H and O–H groups in total. The van der Waals surface area contributed by atoms with E-state index in [0.717, 1.165) is 6.42 Å². The van der Waals surface area contributed by atoms with Crippen molar-refractivity contribution < 1.29 is 4.43 Å². The Hall–Kier alpha value is -0.723. The Balaban J connectivity index is 2.01. The van der Waals surface area contributed by atoms with Crippen molar-refractivity contribution in [1.82, 2.24) is 0 Å². The molecule has 148 valence electrons. The average Bonchev–Trinajstić information content (AvgIpc) is 2.91. The topological polar surface area (TPSA) is 9.23 Å². The number of thiophene rings is 1. The van der Waals surface area contributed by atoms with Crippen LogP contribution in [0.15, 0.2) is 68.9 Å². The number of halogens is 2. The first kappa shape index (κ1) is 22.0. The lowest BCUT2D eigenvalue weighted by Crippen LogP contribution is -2.66. The zero-order valence-electron chi connectivity index (χ0n) is 16.8. The second kappa shape index (κ2) is 8.96. The van der Waals surface area contributed by atoms with Crippen LogP contribution in [-0.2, 0) is 10.8 Å². The van der Waals surface area contributed by atoms with Crippen molar-refractivity contribution in [2.45, 2.75) is 39.2 Å². The van der Waals surface area contributed by atoms with Gasteiger partial charge in [-0.3, -0.25) is 0 Å². The lowest BCUT2D eigenvalue weighted by Gasteiger charge is -2.43. The number of benzene rings is 2. The van der Waals surface area contributed by atoms with Gasteiger partial charge >= 0.3 is 0 Å².